The molecule has 0 aromatic heterocycles. The molecule has 2 aromatic carbocycles. The molecule has 5 heteroatoms. The highest BCUT2D eigenvalue weighted by molar-refractivity contribution is 6.30. The lowest BCUT2D eigenvalue weighted by atomic mass is 9.93. The lowest BCUT2D eigenvalue weighted by Gasteiger charge is -2.18. The summed E-state index contributed by atoms with van der Waals surface area (Å²) in [5.74, 6) is 0. The third kappa shape index (κ3) is 3.39. The predicted octanol–water partition coefficient (Wildman–Crippen LogP) is 5.06. The minimum absolute atomic E-state index is 0.386. The summed E-state index contributed by atoms with van der Waals surface area (Å²) in [5.41, 5.74) is 1.51. The first-order valence-electron chi connectivity index (χ1n) is 6.32. The number of aliphatic hydroxyl groups excluding tert-OH is 1. The second-order valence-electron chi connectivity index (χ2n) is 4.97. The van der Waals surface area contributed by atoms with Crippen LogP contribution in [0.3, 0.4) is 0 Å². The molecule has 0 spiro atoms. The largest absolute Gasteiger partial charge is 0.416 e. The fourth-order valence-corrected chi connectivity index (χ4v) is 2.41. The summed E-state index contributed by atoms with van der Waals surface area (Å²) in [6, 6.07) is 8.42. The Kier molecular flexibility index (Phi) is 4.30. The molecule has 2 rings (SSSR count). The molecule has 0 aliphatic carbocycles. The fraction of sp³-hybridized carbons (Fsp3) is 0.250. The van der Waals surface area contributed by atoms with E-state index >= 15 is 0 Å². The Morgan fingerprint density at radius 2 is 1.62 bits per heavy atom. The molecular formula is C16H14ClF3O. The predicted molar refractivity (Wildman–Crippen MR) is 76.4 cm³/mol. The lowest BCUT2D eigenvalue weighted by molar-refractivity contribution is -0.137. The first kappa shape index (κ1) is 15.9. The molecule has 1 unspecified atom stereocenters. The van der Waals surface area contributed by atoms with Gasteiger partial charge >= 0.3 is 6.18 Å². The smallest absolute Gasteiger partial charge is 0.384 e. The van der Waals surface area contributed by atoms with Crippen LogP contribution in [0.2, 0.25) is 5.02 Å². The van der Waals surface area contributed by atoms with Crippen molar-refractivity contribution < 1.29 is 18.3 Å². The monoisotopic (exact) mass is 314 g/mol. The molecule has 0 amide bonds. The van der Waals surface area contributed by atoms with E-state index in [1.54, 1.807) is 25.1 Å². The molecule has 2 aromatic rings. The van der Waals surface area contributed by atoms with Crippen LogP contribution in [0, 0.1) is 13.8 Å². The Morgan fingerprint density at radius 1 is 0.952 bits per heavy atom. The average Bonchev–Trinajstić information content (AvgIpc) is 2.39. The van der Waals surface area contributed by atoms with Crippen LogP contribution in [-0.4, -0.2) is 5.11 Å². The topological polar surface area (TPSA) is 20.2 Å². The van der Waals surface area contributed by atoms with E-state index in [1.165, 1.54) is 6.07 Å². The molecule has 0 aliphatic rings. The van der Waals surface area contributed by atoms with Gasteiger partial charge in [-0.05, 0) is 60.4 Å². The summed E-state index contributed by atoms with van der Waals surface area (Å²) in [7, 11) is 0. The van der Waals surface area contributed by atoms with Crippen molar-refractivity contribution in [2.75, 3.05) is 0 Å². The average molecular weight is 315 g/mol. The number of halogens is 4. The number of hydrogen-bond donors (Lipinski definition) is 1. The van der Waals surface area contributed by atoms with E-state index < -0.39 is 17.8 Å². The van der Waals surface area contributed by atoms with Crippen LogP contribution in [0.5, 0.6) is 0 Å². The van der Waals surface area contributed by atoms with Gasteiger partial charge in [0.25, 0.3) is 0 Å². The van der Waals surface area contributed by atoms with Gasteiger partial charge in [0, 0.05) is 5.02 Å². The van der Waals surface area contributed by atoms with Gasteiger partial charge in [0.2, 0.25) is 0 Å². The van der Waals surface area contributed by atoms with E-state index in [2.05, 4.69) is 0 Å². The first-order valence-corrected chi connectivity index (χ1v) is 6.70. The zero-order chi connectivity index (χ0) is 15.8. The second kappa shape index (κ2) is 5.70. The van der Waals surface area contributed by atoms with Crippen LogP contribution >= 0.6 is 11.6 Å². The van der Waals surface area contributed by atoms with Crippen LogP contribution in [0.4, 0.5) is 13.2 Å². The summed E-state index contributed by atoms with van der Waals surface area (Å²) >= 11 is 5.91. The summed E-state index contributed by atoms with van der Waals surface area (Å²) in [4.78, 5) is 0. The van der Waals surface area contributed by atoms with Crippen molar-refractivity contribution in [1.29, 1.82) is 0 Å². The van der Waals surface area contributed by atoms with E-state index in [1.807, 2.05) is 6.92 Å². The van der Waals surface area contributed by atoms with Gasteiger partial charge < -0.3 is 5.11 Å². The van der Waals surface area contributed by atoms with Crippen LogP contribution in [0.25, 0.3) is 0 Å². The molecule has 0 saturated carbocycles. The SMILES string of the molecule is Cc1cc(C(F)(F)F)ccc1C(O)c1cc(Cl)ccc1C. The van der Waals surface area contributed by atoms with Gasteiger partial charge in [-0.2, -0.15) is 13.2 Å². The molecule has 0 bridgehead atoms. The van der Waals surface area contributed by atoms with E-state index in [9.17, 15) is 18.3 Å². The molecule has 1 nitrogen and oxygen atoms in total. The molecule has 1 N–H and O–H groups in total. The Morgan fingerprint density at radius 3 is 2.19 bits per heavy atom. The number of hydrogen-bond acceptors (Lipinski definition) is 1. The second-order valence-corrected chi connectivity index (χ2v) is 5.41. The summed E-state index contributed by atoms with van der Waals surface area (Å²) in [6.07, 6.45) is -5.40. The number of alkyl halides is 3. The van der Waals surface area contributed by atoms with Crippen molar-refractivity contribution in [2.45, 2.75) is 26.1 Å². The van der Waals surface area contributed by atoms with Gasteiger partial charge in [0.05, 0.1) is 5.56 Å². The fourth-order valence-electron chi connectivity index (χ4n) is 2.23. The van der Waals surface area contributed by atoms with Crippen LogP contribution in [0.1, 0.15) is 33.9 Å². The third-order valence-corrected chi connectivity index (χ3v) is 3.66. The Hall–Kier alpha value is -1.52. The standard InChI is InChI=1S/C16H14ClF3O/c1-9-3-5-12(17)8-14(9)15(21)13-6-4-11(7-10(13)2)16(18,19)20/h3-8,15,21H,1-2H3. The summed E-state index contributed by atoms with van der Waals surface area (Å²) < 4.78 is 38.0. The van der Waals surface area contributed by atoms with E-state index in [0.29, 0.717) is 21.7 Å². The zero-order valence-corrected chi connectivity index (χ0v) is 12.3. The van der Waals surface area contributed by atoms with Gasteiger partial charge in [-0.25, -0.2) is 0 Å². The Labute approximate surface area is 126 Å². The van der Waals surface area contributed by atoms with Crippen molar-refractivity contribution in [1.82, 2.24) is 0 Å². The third-order valence-electron chi connectivity index (χ3n) is 3.43. The maximum atomic E-state index is 12.7. The maximum Gasteiger partial charge on any atom is 0.416 e. The van der Waals surface area contributed by atoms with Crippen LogP contribution < -0.4 is 0 Å². The first-order chi connectivity index (χ1) is 9.70. The molecule has 0 radical (unpaired) electrons. The number of aryl methyl sites for hydroxylation is 2. The van der Waals surface area contributed by atoms with Crippen molar-refractivity contribution in [3.05, 3.63) is 69.2 Å². The van der Waals surface area contributed by atoms with Gasteiger partial charge in [0.1, 0.15) is 6.10 Å². The molecule has 0 fully saturated rings. The molecule has 112 valence electrons. The quantitative estimate of drug-likeness (QED) is 0.821. The van der Waals surface area contributed by atoms with E-state index in [4.69, 9.17) is 11.6 Å². The number of aliphatic hydroxyl groups is 1. The highest BCUT2D eigenvalue weighted by Crippen LogP contribution is 2.34. The van der Waals surface area contributed by atoms with Crippen LogP contribution in [0.15, 0.2) is 36.4 Å². The molecule has 0 heterocycles. The van der Waals surface area contributed by atoms with E-state index in [0.717, 1.165) is 17.7 Å². The van der Waals surface area contributed by atoms with E-state index in [-0.39, 0.29) is 0 Å². The molecular weight excluding hydrogens is 301 g/mol. The molecule has 1 atom stereocenters. The van der Waals surface area contributed by atoms with Gasteiger partial charge in [-0.1, -0.05) is 23.7 Å². The summed E-state index contributed by atoms with van der Waals surface area (Å²) in [6.45, 7) is 3.36. The highest BCUT2D eigenvalue weighted by Gasteiger charge is 2.31. The molecule has 0 saturated heterocycles. The minimum Gasteiger partial charge on any atom is -0.384 e. The normalized spacial score (nSPS) is 13.3. The lowest BCUT2D eigenvalue weighted by Crippen LogP contribution is -2.08. The highest BCUT2D eigenvalue weighted by atomic mass is 35.5. The van der Waals surface area contributed by atoms with Gasteiger partial charge in [-0.15, -0.1) is 0 Å². The van der Waals surface area contributed by atoms with Crippen molar-refractivity contribution in [3.8, 4) is 0 Å². The number of benzene rings is 2. The summed E-state index contributed by atoms with van der Waals surface area (Å²) in [5, 5.41) is 10.9. The molecule has 0 aliphatic heterocycles. The zero-order valence-electron chi connectivity index (χ0n) is 11.5. The Bertz CT molecular complexity index is 665. The minimum atomic E-state index is -4.39. The van der Waals surface area contributed by atoms with Crippen molar-refractivity contribution >= 4 is 11.6 Å². The Balaban J connectivity index is 2.44. The molecule has 21 heavy (non-hydrogen) atoms. The van der Waals surface area contributed by atoms with Gasteiger partial charge in [-0.3, -0.25) is 0 Å². The van der Waals surface area contributed by atoms with Crippen molar-refractivity contribution in [2.24, 2.45) is 0 Å². The maximum absolute atomic E-state index is 12.7. The van der Waals surface area contributed by atoms with Crippen molar-refractivity contribution in [3.63, 3.8) is 0 Å². The number of rotatable bonds is 2. The van der Waals surface area contributed by atoms with Crippen LogP contribution in [-0.2, 0) is 6.18 Å². The van der Waals surface area contributed by atoms with Gasteiger partial charge in [0.15, 0.2) is 0 Å².